The number of nitrogens with zero attached hydrogens (tertiary/aromatic N) is 3. The predicted octanol–water partition coefficient (Wildman–Crippen LogP) is 5.42. The number of halogens is 2. The topological polar surface area (TPSA) is 86.3 Å². The summed E-state index contributed by atoms with van der Waals surface area (Å²) in [5.74, 6) is 0.413. The first-order valence-electron chi connectivity index (χ1n) is 11.5. The highest BCUT2D eigenvalue weighted by molar-refractivity contribution is 6.42. The molecule has 1 aliphatic rings. The first-order valence-corrected chi connectivity index (χ1v) is 12.2. The molecule has 6 nitrogen and oxygen atoms in total. The van der Waals surface area contributed by atoms with Gasteiger partial charge in [-0.3, -0.25) is 9.59 Å². The summed E-state index contributed by atoms with van der Waals surface area (Å²) in [4.78, 5) is 26.5. The van der Waals surface area contributed by atoms with Crippen LogP contribution in [0.25, 0.3) is 10.9 Å². The zero-order valence-electron chi connectivity index (χ0n) is 20.1. The van der Waals surface area contributed by atoms with E-state index < -0.39 is 0 Å². The third-order valence-corrected chi connectivity index (χ3v) is 7.30. The molecule has 8 heteroatoms. The largest absolute Gasteiger partial charge is 0.396 e. The molecule has 184 valence electrons. The smallest absolute Gasteiger partial charge is 0.212 e. The van der Waals surface area contributed by atoms with Crippen LogP contribution >= 0.6 is 23.2 Å². The van der Waals surface area contributed by atoms with Gasteiger partial charge in [-0.25, -0.2) is 0 Å². The Morgan fingerprint density at radius 3 is 2.49 bits per heavy atom. The number of aryl methyl sites for hydroxylation is 2. The lowest BCUT2D eigenvalue weighted by molar-refractivity contribution is 0.103. The van der Waals surface area contributed by atoms with Crippen LogP contribution < -0.4 is 0 Å². The van der Waals surface area contributed by atoms with Crippen molar-refractivity contribution in [2.45, 2.75) is 26.2 Å². The van der Waals surface area contributed by atoms with Crippen molar-refractivity contribution in [2.24, 2.45) is 13.0 Å². The van der Waals surface area contributed by atoms with Gasteiger partial charge in [-0.05, 0) is 88.1 Å². The summed E-state index contributed by atoms with van der Waals surface area (Å²) in [7, 11) is 3.90. The number of piperidine rings is 1. The van der Waals surface area contributed by atoms with Gasteiger partial charge >= 0.3 is 0 Å². The van der Waals surface area contributed by atoms with Crippen LogP contribution in [0.4, 0.5) is 0 Å². The van der Waals surface area contributed by atoms with Crippen LogP contribution in [0.15, 0.2) is 30.3 Å². The average Bonchev–Trinajstić information content (AvgIpc) is 3.18. The quantitative estimate of drug-likeness (QED) is 0.363. The van der Waals surface area contributed by atoms with Crippen LogP contribution in [0, 0.1) is 24.2 Å². The monoisotopic (exact) mass is 513 g/mol. The lowest BCUT2D eigenvalue weighted by Crippen LogP contribution is -2.30. The average molecular weight is 514 g/mol. The molecule has 0 amide bonds. The first kappa shape index (κ1) is 26.9. The van der Waals surface area contributed by atoms with Crippen LogP contribution in [0.5, 0.6) is 0 Å². The molecular formula is C27H29Cl2N3O3. The summed E-state index contributed by atoms with van der Waals surface area (Å²) in [5, 5.41) is 18.9. The minimum Gasteiger partial charge on any atom is -0.396 e. The molecule has 0 bridgehead atoms. The molecular weight excluding hydrogens is 485 g/mol. The van der Waals surface area contributed by atoms with E-state index in [0.29, 0.717) is 24.2 Å². The van der Waals surface area contributed by atoms with Gasteiger partial charge in [0.2, 0.25) is 5.78 Å². The van der Waals surface area contributed by atoms with Gasteiger partial charge in [0, 0.05) is 30.1 Å². The standard InChI is InChI=1S/C19H12Cl2N2O2.C8H17NO/c1-10-5-11(8-22)6-15-13(10)7-16(23(15)2)19(25)17-14(20)4-3-12(9-24)18(17)21;1-9-5-2-8(3-6-9)4-7-10/h3-7,9H,1-2H3;8,10H,2-7H2,1H3. The fourth-order valence-electron chi connectivity index (χ4n) is 4.42. The zero-order valence-corrected chi connectivity index (χ0v) is 21.7. The SMILES string of the molecule is CN1CCC(CCO)CC1.Cc1cc(C#N)cc2c1cc(C(=O)c1c(Cl)ccc(C=O)c1Cl)n2C. The fourth-order valence-corrected chi connectivity index (χ4v) is 5.01. The Morgan fingerprint density at radius 2 is 1.89 bits per heavy atom. The molecule has 1 aliphatic heterocycles. The van der Waals surface area contributed by atoms with Gasteiger partial charge in [-0.15, -0.1) is 0 Å². The maximum absolute atomic E-state index is 13.0. The van der Waals surface area contributed by atoms with Crippen molar-refractivity contribution < 1.29 is 14.7 Å². The van der Waals surface area contributed by atoms with Gasteiger partial charge in [0.1, 0.15) is 0 Å². The molecule has 0 atom stereocenters. The molecule has 2 aromatic carbocycles. The number of hydrogen-bond acceptors (Lipinski definition) is 5. The highest BCUT2D eigenvalue weighted by atomic mass is 35.5. The summed E-state index contributed by atoms with van der Waals surface area (Å²) in [6, 6.07) is 10.3. The number of rotatable bonds is 5. The van der Waals surface area contributed by atoms with Crippen LogP contribution in [0.3, 0.4) is 0 Å². The lowest BCUT2D eigenvalue weighted by atomic mass is 9.94. The molecule has 0 radical (unpaired) electrons. The molecule has 0 aliphatic carbocycles. The third kappa shape index (κ3) is 5.94. The van der Waals surface area contributed by atoms with Crippen molar-refractivity contribution in [1.82, 2.24) is 9.47 Å². The molecule has 0 unspecified atom stereocenters. The number of aldehydes is 1. The van der Waals surface area contributed by atoms with E-state index in [1.807, 2.05) is 6.92 Å². The number of aliphatic hydroxyl groups excluding tert-OH is 1. The van der Waals surface area contributed by atoms with Gasteiger partial charge in [-0.1, -0.05) is 23.2 Å². The molecule has 4 rings (SSSR count). The zero-order chi connectivity index (χ0) is 25.7. The number of benzene rings is 2. The third-order valence-electron chi connectivity index (χ3n) is 6.58. The van der Waals surface area contributed by atoms with E-state index in [-0.39, 0.29) is 27.0 Å². The number of likely N-dealkylation sites (tertiary alicyclic amines) is 1. The van der Waals surface area contributed by atoms with E-state index in [1.165, 1.54) is 38.1 Å². The summed E-state index contributed by atoms with van der Waals surface area (Å²) < 4.78 is 1.70. The highest BCUT2D eigenvalue weighted by Crippen LogP contribution is 2.32. The Morgan fingerprint density at radius 1 is 1.20 bits per heavy atom. The van der Waals surface area contributed by atoms with E-state index in [1.54, 1.807) is 29.8 Å². The van der Waals surface area contributed by atoms with Crippen molar-refractivity contribution in [3.8, 4) is 6.07 Å². The molecule has 0 saturated carbocycles. The van der Waals surface area contributed by atoms with E-state index in [0.717, 1.165) is 28.8 Å². The van der Waals surface area contributed by atoms with Crippen LogP contribution in [0.2, 0.25) is 10.0 Å². The van der Waals surface area contributed by atoms with Gasteiger partial charge in [-0.2, -0.15) is 5.26 Å². The highest BCUT2D eigenvalue weighted by Gasteiger charge is 2.23. The van der Waals surface area contributed by atoms with Gasteiger partial charge in [0.25, 0.3) is 0 Å². The van der Waals surface area contributed by atoms with E-state index in [9.17, 15) is 9.59 Å². The van der Waals surface area contributed by atoms with Crippen LogP contribution in [-0.2, 0) is 7.05 Å². The Balaban J connectivity index is 0.000000287. The summed E-state index contributed by atoms with van der Waals surface area (Å²) in [6.07, 6.45) is 4.14. The van der Waals surface area contributed by atoms with Crippen LogP contribution in [-0.4, -0.2) is 53.4 Å². The first-order chi connectivity index (χ1) is 16.7. The van der Waals surface area contributed by atoms with E-state index >= 15 is 0 Å². The van der Waals surface area contributed by atoms with Crippen molar-refractivity contribution in [1.29, 1.82) is 5.26 Å². The normalized spacial score (nSPS) is 14.3. The van der Waals surface area contributed by atoms with E-state index in [2.05, 4.69) is 18.0 Å². The second kappa shape index (κ2) is 11.8. The Hall–Kier alpha value is -2.69. The number of aromatic nitrogens is 1. The molecule has 1 N–H and O–H groups in total. The molecule has 0 spiro atoms. The molecule has 1 aromatic heterocycles. The number of nitriles is 1. The second-order valence-corrected chi connectivity index (χ2v) is 9.74. The number of fused-ring (bicyclic) bond motifs is 1. The summed E-state index contributed by atoms with van der Waals surface area (Å²) >= 11 is 12.4. The molecule has 2 heterocycles. The maximum Gasteiger partial charge on any atom is 0.212 e. The molecule has 3 aromatic rings. The number of hydrogen-bond donors (Lipinski definition) is 1. The van der Waals surface area contributed by atoms with Gasteiger partial charge in [0.15, 0.2) is 6.29 Å². The number of carbonyl (C=O) groups is 2. The fraction of sp³-hybridized carbons (Fsp3) is 0.370. The van der Waals surface area contributed by atoms with E-state index in [4.69, 9.17) is 33.6 Å². The second-order valence-electron chi connectivity index (χ2n) is 8.96. The van der Waals surface area contributed by atoms with Crippen molar-refractivity contribution in [3.63, 3.8) is 0 Å². The molecule has 1 fully saturated rings. The predicted molar refractivity (Wildman–Crippen MR) is 140 cm³/mol. The van der Waals surface area contributed by atoms with Crippen LogP contribution in [0.1, 0.15) is 56.8 Å². The molecule has 35 heavy (non-hydrogen) atoms. The minimum absolute atomic E-state index is 0.0344. The minimum atomic E-state index is -0.379. The summed E-state index contributed by atoms with van der Waals surface area (Å²) in [5.41, 5.74) is 2.85. The maximum atomic E-state index is 13.0. The summed E-state index contributed by atoms with van der Waals surface area (Å²) in [6.45, 7) is 4.67. The number of aliphatic hydroxyl groups is 1. The number of carbonyl (C=O) groups excluding carboxylic acids is 2. The van der Waals surface area contributed by atoms with Crippen molar-refractivity contribution >= 4 is 46.2 Å². The lowest BCUT2D eigenvalue weighted by Gasteiger charge is -2.28. The number of ketones is 1. The Bertz CT molecular complexity index is 1290. The molecule has 1 saturated heterocycles. The van der Waals surface area contributed by atoms with Crippen molar-refractivity contribution in [3.05, 3.63) is 68.3 Å². The Kier molecular flexibility index (Phi) is 9.09. The Labute approximate surface area is 215 Å². The van der Waals surface area contributed by atoms with Gasteiger partial charge in [0.05, 0.1) is 32.9 Å². The van der Waals surface area contributed by atoms with Gasteiger partial charge < -0.3 is 14.6 Å². The van der Waals surface area contributed by atoms with Crippen molar-refractivity contribution in [2.75, 3.05) is 26.7 Å².